The maximum Gasteiger partial charge on any atom is 0.339 e. The van der Waals surface area contributed by atoms with Crippen LogP contribution in [0.1, 0.15) is 16.8 Å². The Morgan fingerprint density at radius 3 is 2.67 bits per heavy atom. The molecule has 2 aliphatic heterocycles. The molecule has 3 heterocycles. The third kappa shape index (κ3) is 4.39. The molecule has 0 aromatic carbocycles. The Morgan fingerprint density at radius 1 is 1.37 bits per heavy atom. The van der Waals surface area contributed by atoms with Gasteiger partial charge in [-0.05, 0) is 12.5 Å². The lowest BCUT2D eigenvalue weighted by Crippen LogP contribution is -2.41. The number of carbonyl (C=O) groups is 1. The number of esters is 1. The van der Waals surface area contributed by atoms with Crippen molar-refractivity contribution in [3.8, 4) is 0 Å². The van der Waals surface area contributed by atoms with Gasteiger partial charge in [-0.15, -0.1) is 0 Å². The van der Waals surface area contributed by atoms with Gasteiger partial charge in [0.1, 0.15) is 10.7 Å². The van der Waals surface area contributed by atoms with E-state index >= 15 is 0 Å². The Morgan fingerprint density at radius 2 is 2.07 bits per heavy atom. The highest BCUT2D eigenvalue weighted by Crippen LogP contribution is 2.27. The van der Waals surface area contributed by atoms with Crippen molar-refractivity contribution in [1.82, 2.24) is 9.29 Å². The van der Waals surface area contributed by atoms with Crippen LogP contribution >= 0.6 is 0 Å². The predicted octanol–water partition coefficient (Wildman–Crippen LogP) is -0.512. The smallest absolute Gasteiger partial charge is 0.339 e. The summed E-state index contributed by atoms with van der Waals surface area (Å²) >= 11 is 0. The van der Waals surface area contributed by atoms with Crippen LogP contribution in [0.4, 0.5) is 5.82 Å². The summed E-state index contributed by atoms with van der Waals surface area (Å²) in [7, 11) is -5.92. The second-order valence-corrected chi connectivity index (χ2v) is 10.5. The lowest BCUT2D eigenvalue weighted by Gasteiger charge is -2.27. The van der Waals surface area contributed by atoms with E-state index in [-0.39, 0.29) is 54.1 Å². The minimum atomic E-state index is -3.96. The van der Waals surface area contributed by atoms with Crippen LogP contribution in [0.25, 0.3) is 0 Å². The molecule has 10 nitrogen and oxygen atoms in total. The second kappa shape index (κ2) is 7.70. The summed E-state index contributed by atoms with van der Waals surface area (Å²) in [5.74, 6) is -0.742. The number of hydrogen-bond acceptors (Lipinski definition) is 9. The number of nitrogens with one attached hydrogen (secondary N) is 1. The van der Waals surface area contributed by atoms with Crippen LogP contribution in [0, 0.1) is 0 Å². The van der Waals surface area contributed by atoms with E-state index < -0.39 is 31.9 Å². The lowest BCUT2D eigenvalue weighted by molar-refractivity contribution is 0.0600. The highest BCUT2D eigenvalue weighted by Gasteiger charge is 2.33. The van der Waals surface area contributed by atoms with Gasteiger partial charge in [0.05, 0.1) is 37.4 Å². The molecule has 0 unspecified atom stereocenters. The molecule has 0 saturated carbocycles. The molecule has 0 radical (unpaired) electrons. The van der Waals surface area contributed by atoms with E-state index in [1.54, 1.807) is 0 Å². The van der Waals surface area contributed by atoms with Gasteiger partial charge in [0, 0.05) is 25.3 Å². The first-order chi connectivity index (χ1) is 12.7. The number of hydrogen-bond donors (Lipinski definition) is 1. The average molecular weight is 419 g/mol. The number of anilines is 1. The van der Waals surface area contributed by atoms with Crippen molar-refractivity contribution in [2.75, 3.05) is 50.2 Å². The van der Waals surface area contributed by atoms with E-state index in [0.29, 0.717) is 6.42 Å². The largest absolute Gasteiger partial charge is 0.465 e. The summed E-state index contributed by atoms with van der Waals surface area (Å²) in [6.07, 6.45) is 1.57. The Balaban J connectivity index is 1.98. The summed E-state index contributed by atoms with van der Waals surface area (Å²) in [6.45, 7) is 0.907. The minimum absolute atomic E-state index is 0.00562. The minimum Gasteiger partial charge on any atom is -0.465 e. The Hall–Kier alpha value is -1.76. The molecule has 0 amide bonds. The number of carbonyl (C=O) groups excluding carboxylic acids is 1. The van der Waals surface area contributed by atoms with Crippen LogP contribution < -0.4 is 5.32 Å². The zero-order chi connectivity index (χ0) is 19.7. The fourth-order valence-corrected chi connectivity index (χ4v) is 6.22. The van der Waals surface area contributed by atoms with Crippen molar-refractivity contribution in [2.45, 2.75) is 17.4 Å². The number of ether oxygens (including phenoxy) is 2. The summed E-state index contributed by atoms with van der Waals surface area (Å²) in [4.78, 5) is 15.7. The summed E-state index contributed by atoms with van der Waals surface area (Å²) in [5.41, 5.74) is -0.00562. The van der Waals surface area contributed by atoms with Crippen molar-refractivity contribution in [2.24, 2.45) is 0 Å². The van der Waals surface area contributed by atoms with Crippen LogP contribution in [-0.2, 0) is 29.3 Å². The maximum absolute atomic E-state index is 13.1. The quantitative estimate of drug-likeness (QED) is 0.627. The van der Waals surface area contributed by atoms with E-state index in [0.717, 1.165) is 0 Å². The molecule has 0 spiro atoms. The van der Waals surface area contributed by atoms with Gasteiger partial charge in [0.25, 0.3) is 0 Å². The number of rotatable bonds is 5. The van der Waals surface area contributed by atoms with E-state index in [4.69, 9.17) is 4.74 Å². The molecule has 2 saturated heterocycles. The molecule has 0 bridgehead atoms. The SMILES string of the molecule is COC(=O)c1cnc(N[C@@H]2CCS(=O)(=O)C2)c(S(=O)(=O)N2CCOCC2)c1. The third-order valence-corrected chi connectivity index (χ3v) is 8.11. The van der Waals surface area contributed by atoms with Crippen molar-refractivity contribution >= 4 is 31.6 Å². The number of morpholine rings is 1. The molecule has 150 valence electrons. The van der Waals surface area contributed by atoms with Gasteiger partial charge < -0.3 is 14.8 Å². The summed E-state index contributed by atoms with van der Waals surface area (Å²) in [5, 5.41) is 2.91. The zero-order valence-corrected chi connectivity index (χ0v) is 16.4. The molecule has 1 aromatic rings. The Kier molecular flexibility index (Phi) is 5.70. The highest BCUT2D eigenvalue weighted by molar-refractivity contribution is 7.91. The number of methoxy groups -OCH3 is 1. The molecule has 12 heteroatoms. The number of pyridine rings is 1. The molecule has 1 N–H and O–H groups in total. The van der Waals surface area contributed by atoms with Crippen LogP contribution in [0.3, 0.4) is 0 Å². The molecule has 27 heavy (non-hydrogen) atoms. The molecule has 0 aliphatic carbocycles. The van der Waals surface area contributed by atoms with Crippen molar-refractivity contribution < 1.29 is 31.1 Å². The summed E-state index contributed by atoms with van der Waals surface area (Å²) < 4.78 is 60.6. The molecule has 2 aliphatic rings. The molecule has 2 fully saturated rings. The van der Waals surface area contributed by atoms with Crippen molar-refractivity contribution in [3.63, 3.8) is 0 Å². The first-order valence-electron chi connectivity index (χ1n) is 8.36. The van der Waals surface area contributed by atoms with Crippen molar-refractivity contribution in [3.05, 3.63) is 17.8 Å². The molecular weight excluding hydrogens is 398 g/mol. The fourth-order valence-electron chi connectivity index (χ4n) is 3.01. The molecule has 1 atom stereocenters. The predicted molar refractivity (Wildman–Crippen MR) is 95.8 cm³/mol. The maximum atomic E-state index is 13.1. The van der Waals surface area contributed by atoms with Gasteiger partial charge in [-0.2, -0.15) is 4.31 Å². The van der Waals surface area contributed by atoms with Crippen LogP contribution in [-0.4, -0.2) is 83.1 Å². The highest BCUT2D eigenvalue weighted by atomic mass is 32.2. The van der Waals surface area contributed by atoms with Crippen LogP contribution in [0.2, 0.25) is 0 Å². The monoisotopic (exact) mass is 419 g/mol. The lowest BCUT2D eigenvalue weighted by atomic mass is 10.2. The van der Waals surface area contributed by atoms with Crippen LogP contribution in [0.5, 0.6) is 0 Å². The molecule has 1 aromatic heterocycles. The van der Waals surface area contributed by atoms with Gasteiger partial charge in [-0.3, -0.25) is 0 Å². The number of aromatic nitrogens is 1. The standard InChI is InChI=1S/C15H21N3O7S2/c1-24-15(19)11-8-13(27(22,23)18-3-5-25-6-4-18)14(16-9-11)17-12-2-7-26(20,21)10-12/h8-9,12H,2-7,10H2,1H3,(H,16,17)/t12-/m1/s1. The fraction of sp³-hybridized carbons (Fsp3) is 0.600. The van der Waals surface area contributed by atoms with Gasteiger partial charge in [0.15, 0.2) is 9.84 Å². The first kappa shape index (κ1) is 20.0. The molecular formula is C15H21N3O7S2. The van der Waals surface area contributed by atoms with Gasteiger partial charge >= 0.3 is 5.97 Å². The topological polar surface area (TPSA) is 132 Å². The number of nitrogens with zero attached hydrogens (tertiary/aromatic N) is 2. The third-order valence-electron chi connectivity index (χ3n) is 4.43. The number of sulfone groups is 1. The summed E-state index contributed by atoms with van der Waals surface area (Å²) in [6, 6.07) is 0.764. The van der Waals surface area contributed by atoms with Gasteiger partial charge in [0.2, 0.25) is 10.0 Å². The van der Waals surface area contributed by atoms with E-state index in [1.165, 1.54) is 23.7 Å². The van der Waals surface area contributed by atoms with Crippen molar-refractivity contribution in [1.29, 1.82) is 0 Å². The molecule has 3 rings (SSSR count). The Bertz CT molecular complexity index is 925. The van der Waals surface area contributed by atoms with E-state index in [2.05, 4.69) is 15.0 Å². The first-order valence-corrected chi connectivity index (χ1v) is 11.6. The zero-order valence-electron chi connectivity index (χ0n) is 14.8. The second-order valence-electron chi connectivity index (χ2n) is 6.32. The van der Waals surface area contributed by atoms with E-state index in [1.807, 2.05) is 0 Å². The van der Waals surface area contributed by atoms with Gasteiger partial charge in [-0.1, -0.05) is 0 Å². The van der Waals surface area contributed by atoms with Crippen LogP contribution in [0.15, 0.2) is 17.2 Å². The number of sulfonamides is 1. The van der Waals surface area contributed by atoms with E-state index in [9.17, 15) is 21.6 Å². The van der Waals surface area contributed by atoms with Gasteiger partial charge in [-0.25, -0.2) is 26.6 Å². The average Bonchev–Trinajstić information content (AvgIpc) is 3.00. The normalized spacial score (nSPS) is 23.1. The Labute approximate surface area is 157 Å².